The van der Waals surface area contributed by atoms with E-state index in [9.17, 15) is 0 Å². The van der Waals surface area contributed by atoms with Crippen molar-refractivity contribution in [3.8, 4) is 0 Å². The fraction of sp³-hybridized carbons (Fsp3) is 0. The fourth-order valence-electron chi connectivity index (χ4n) is 0. The van der Waals surface area contributed by atoms with E-state index in [0.717, 1.165) is 0 Å². The van der Waals surface area contributed by atoms with Crippen molar-refractivity contribution in [2.45, 2.75) is 0 Å². The Hall–Kier alpha value is 3.89. The van der Waals surface area contributed by atoms with Crippen LogP contribution in [0.4, 0.5) is 0 Å². The van der Waals surface area contributed by atoms with Crippen LogP contribution in [0.25, 0.3) is 0 Å². The molecule has 0 spiro atoms. The summed E-state index contributed by atoms with van der Waals surface area (Å²) in [4.78, 5) is 0. The SMILES string of the molecule is [Na+].[Na+].[Na+].[O]=[Sb]([O-])[O-].[SH-]. The van der Waals surface area contributed by atoms with Crippen molar-refractivity contribution in [3.63, 3.8) is 0 Å². The van der Waals surface area contributed by atoms with Crippen LogP contribution in [0.3, 0.4) is 0 Å². The maximum Gasteiger partial charge on any atom is -0.813 e. The van der Waals surface area contributed by atoms with Crippen LogP contribution in [0.2, 0.25) is 0 Å². The first-order valence-corrected chi connectivity index (χ1v) is 3.67. The first kappa shape index (κ1) is 29.7. The van der Waals surface area contributed by atoms with Gasteiger partial charge in [0.05, 0.1) is 0 Å². The van der Waals surface area contributed by atoms with Crippen LogP contribution in [0, 0.1) is 0 Å². The minimum absolute atomic E-state index is 0. The van der Waals surface area contributed by atoms with Crippen molar-refractivity contribution in [3.05, 3.63) is 0 Å². The average Bonchev–Trinajstić information content (AvgIpc) is 0.811. The Morgan fingerprint density at radius 3 is 1.00 bits per heavy atom. The van der Waals surface area contributed by atoms with Crippen molar-refractivity contribution in [2.24, 2.45) is 0 Å². The molecule has 0 saturated carbocycles. The molecule has 0 aromatic heterocycles. The molecule has 0 atom stereocenters. The van der Waals surface area contributed by atoms with Crippen molar-refractivity contribution >= 4 is 34.5 Å². The molecule has 0 aliphatic carbocycles. The average molecular weight is 272 g/mol. The summed E-state index contributed by atoms with van der Waals surface area (Å²) in [7, 11) is 0. The second-order valence-corrected chi connectivity index (χ2v) is 1.50. The summed E-state index contributed by atoms with van der Waals surface area (Å²) in [6.45, 7) is 0. The van der Waals surface area contributed by atoms with Crippen molar-refractivity contribution in [2.75, 3.05) is 0 Å². The molecule has 0 aliphatic rings. The van der Waals surface area contributed by atoms with E-state index in [4.69, 9.17) is 9.79 Å². The number of hydrogen-bond donors (Lipinski definition) is 0. The molecule has 8 heavy (non-hydrogen) atoms. The predicted octanol–water partition coefficient (Wildman–Crippen LogP) is -12.1. The van der Waals surface area contributed by atoms with E-state index in [0.29, 0.717) is 0 Å². The second-order valence-electron chi connectivity index (χ2n) is 0.224. The number of rotatable bonds is 0. The first-order valence-electron chi connectivity index (χ1n) is 0.548. The molecule has 0 aliphatic heterocycles. The van der Waals surface area contributed by atoms with E-state index in [1.54, 1.807) is 0 Å². The van der Waals surface area contributed by atoms with Crippen LogP contribution in [0.15, 0.2) is 0 Å². The molecule has 3 nitrogen and oxygen atoms in total. The molecule has 0 fully saturated rings. The van der Waals surface area contributed by atoms with Crippen molar-refractivity contribution in [1.29, 1.82) is 0 Å². The molecule has 0 bridgehead atoms. The number of thiol groups is 1. The molecular weight excluding hydrogens is 271 g/mol. The topological polar surface area (TPSA) is 63.2 Å². The maximum absolute atomic E-state index is 8.60. The zero-order chi connectivity index (χ0) is 3.58. The van der Waals surface area contributed by atoms with E-state index in [-0.39, 0.29) is 102 Å². The van der Waals surface area contributed by atoms with Gasteiger partial charge in [0.25, 0.3) is 0 Å². The van der Waals surface area contributed by atoms with Crippen LogP contribution in [0.5, 0.6) is 0 Å². The zero-order valence-electron chi connectivity index (χ0n) is 5.12. The van der Waals surface area contributed by atoms with Gasteiger partial charge in [0, 0.05) is 0 Å². The Balaban J connectivity index is -0.00000000750. The third-order valence-electron chi connectivity index (χ3n) is 0. The number of hydrogen-bond acceptors (Lipinski definition) is 4. The Labute approximate surface area is 130 Å². The molecule has 8 heteroatoms. The molecule has 0 heterocycles. The molecule has 33 valence electrons. The third kappa shape index (κ3) is 51.7. The van der Waals surface area contributed by atoms with E-state index in [1.165, 1.54) is 0 Å². The Morgan fingerprint density at radius 2 is 1.00 bits per heavy atom. The van der Waals surface area contributed by atoms with Gasteiger partial charge in [-0.25, -0.2) is 0 Å². The smallest absolute Gasteiger partial charge is 0.813 e. The first-order chi connectivity index (χ1) is 1.73. The van der Waals surface area contributed by atoms with Crippen LogP contribution < -0.4 is 95.4 Å². The molecule has 0 unspecified atom stereocenters. The van der Waals surface area contributed by atoms with Crippen LogP contribution in [-0.2, 0) is 16.5 Å². The standard InChI is InChI=1S/3Na.3O.H2S.Sb/h;;;;;;1H2;/q3*+1;;2*-1;;/p-1. The molecule has 0 amide bonds. The van der Waals surface area contributed by atoms with Crippen LogP contribution >= 0.6 is 0 Å². The van der Waals surface area contributed by atoms with Gasteiger partial charge in [0.15, 0.2) is 0 Å². The van der Waals surface area contributed by atoms with Gasteiger partial charge in [-0.1, -0.05) is 0 Å². The summed E-state index contributed by atoms with van der Waals surface area (Å²) in [5.74, 6) is 0. The Kier molecular flexibility index (Phi) is 83.3. The molecule has 0 aromatic carbocycles. The van der Waals surface area contributed by atoms with Gasteiger partial charge in [0.2, 0.25) is 0 Å². The van der Waals surface area contributed by atoms with E-state index >= 15 is 0 Å². The molecule has 0 saturated heterocycles. The van der Waals surface area contributed by atoms with Gasteiger partial charge < -0.3 is 13.5 Å². The largest absolute Gasteiger partial charge is 0.813 e. The van der Waals surface area contributed by atoms with E-state index in [1.807, 2.05) is 0 Å². The molecule has 0 N–H and O–H groups in total. The fourth-order valence-corrected chi connectivity index (χ4v) is 0. The molecular formula is HNa3O3SSb. The predicted molar refractivity (Wildman–Crippen MR) is 15.2 cm³/mol. The summed E-state index contributed by atoms with van der Waals surface area (Å²) in [6, 6.07) is 0. The normalized spacial score (nSPS) is 3.25. The van der Waals surface area contributed by atoms with E-state index in [2.05, 4.69) is 0 Å². The maximum atomic E-state index is 8.60. The van der Waals surface area contributed by atoms with Gasteiger partial charge in [-0.15, -0.1) is 0 Å². The van der Waals surface area contributed by atoms with Gasteiger partial charge in [-0.2, -0.15) is 0 Å². The monoisotopic (exact) mass is 271 g/mol. The van der Waals surface area contributed by atoms with Crippen LogP contribution in [0.1, 0.15) is 0 Å². The summed E-state index contributed by atoms with van der Waals surface area (Å²) < 4.78 is 25.8. The van der Waals surface area contributed by atoms with Gasteiger partial charge in [-0.3, -0.25) is 0 Å². The van der Waals surface area contributed by atoms with Gasteiger partial charge in [-0.05, 0) is 0 Å². The zero-order valence-corrected chi connectivity index (χ0v) is 14.6. The summed E-state index contributed by atoms with van der Waals surface area (Å²) in [5.41, 5.74) is 0. The van der Waals surface area contributed by atoms with Crippen molar-refractivity contribution < 1.29 is 98.5 Å². The minimum Gasteiger partial charge on any atom is -0.813 e. The van der Waals surface area contributed by atoms with Gasteiger partial charge >= 0.3 is 120 Å². The van der Waals surface area contributed by atoms with Crippen molar-refractivity contribution in [1.82, 2.24) is 0 Å². The Morgan fingerprint density at radius 1 is 1.00 bits per heavy atom. The summed E-state index contributed by atoms with van der Waals surface area (Å²) in [5, 5.41) is 0. The summed E-state index contributed by atoms with van der Waals surface area (Å²) >= 11 is -4.20. The minimum atomic E-state index is -4.20. The molecule has 1 radical (unpaired) electrons. The molecule has 0 aromatic rings. The Bertz CT molecular complexity index is 37.5. The molecule has 0 rings (SSSR count). The van der Waals surface area contributed by atoms with Gasteiger partial charge in [0.1, 0.15) is 0 Å². The van der Waals surface area contributed by atoms with E-state index < -0.39 is 21.0 Å². The van der Waals surface area contributed by atoms with Crippen LogP contribution in [-0.4, -0.2) is 21.0 Å². The second kappa shape index (κ2) is 22.4. The quantitative estimate of drug-likeness (QED) is 0.249. The summed E-state index contributed by atoms with van der Waals surface area (Å²) in [6.07, 6.45) is 0. The third-order valence-corrected chi connectivity index (χ3v) is 0.